The molecule has 0 unspecified atom stereocenters. The molecule has 1 aromatic rings. The number of hydrogen-bond donors (Lipinski definition) is 2. The molecule has 2 rings (SSSR count). The molecule has 0 amide bonds. The number of rotatable bonds is 8. The first-order valence-electron chi connectivity index (χ1n) is 9.35. The van der Waals surface area contributed by atoms with Gasteiger partial charge in [-0.15, -0.1) is 0 Å². The Bertz CT molecular complexity index is 509. The molecule has 1 aliphatic rings. The average Bonchev–Trinajstić information content (AvgIpc) is 2.65. The van der Waals surface area contributed by atoms with Crippen LogP contribution in [0.1, 0.15) is 25.3 Å². The molecule has 140 valence electrons. The summed E-state index contributed by atoms with van der Waals surface area (Å²) in [6.45, 7) is 10.9. The predicted octanol–water partition coefficient (Wildman–Crippen LogP) is 1.91. The number of unbranched alkanes of at least 4 members (excludes halogenated alkanes) is 1. The summed E-state index contributed by atoms with van der Waals surface area (Å²) in [5, 5.41) is 6.60. The molecule has 6 heteroatoms. The van der Waals surface area contributed by atoms with E-state index in [2.05, 4.69) is 32.3 Å². The van der Waals surface area contributed by atoms with Gasteiger partial charge in [0.2, 0.25) is 0 Å². The van der Waals surface area contributed by atoms with Gasteiger partial charge in [0.25, 0.3) is 0 Å². The minimum atomic E-state index is -0.206. The van der Waals surface area contributed by atoms with Crippen LogP contribution in [0.5, 0.6) is 0 Å². The maximum atomic E-state index is 12.9. The molecule has 25 heavy (non-hydrogen) atoms. The van der Waals surface area contributed by atoms with E-state index in [1.165, 1.54) is 57.8 Å². The summed E-state index contributed by atoms with van der Waals surface area (Å²) in [5.74, 6) is 0.586. The van der Waals surface area contributed by atoms with Gasteiger partial charge in [0.1, 0.15) is 5.82 Å². The van der Waals surface area contributed by atoms with Gasteiger partial charge in [-0.05, 0) is 43.6 Å². The summed E-state index contributed by atoms with van der Waals surface area (Å²) >= 11 is 0. The van der Waals surface area contributed by atoms with E-state index in [4.69, 9.17) is 0 Å². The van der Waals surface area contributed by atoms with Gasteiger partial charge in [-0.2, -0.15) is 0 Å². The van der Waals surface area contributed by atoms with Crippen LogP contribution in [0.15, 0.2) is 29.3 Å². The topological polar surface area (TPSA) is 42.9 Å². The molecule has 1 aromatic carbocycles. The zero-order valence-corrected chi connectivity index (χ0v) is 15.6. The van der Waals surface area contributed by atoms with Crippen LogP contribution in [-0.4, -0.2) is 68.6 Å². The fourth-order valence-electron chi connectivity index (χ4n) is 3.00. The molecule has 1 aliphatic heterocycles. The fourth-order valence-corrected chi connectivity index (χ4v) is 3.00. The SMILES string of the molecule is CCN1CCN(CCCCNC(=NC)NCc2ccc(F)cc2)CC1. The van der Waals surface area contributed by atoms with Gasteiger partial charge >= 0.3 is 0 Å². The van der Waals surface area contributed by atoms with Crippen LogP contribution in [0, 0.1) is 5.82 Å². The molecule has 1 heterocycles. The van der Waals surface area contributed by atoms with Crippen molar-refractivity contribution in [2.45, 2.75) is 26.3 Å². The lowest BCUT2D eigenvalue weighted by molar-refractivity contribution is 0.136. The minimum absolute atomic E-state index is 0.206. The highest BCUT2D eigenvalue weighted by atomic mass is 19.1. The lowest BCUT2D eigenvalue weighted by atomic mass is 10.2. The van der Waals surface area contributed by atoms with Gasteiger partial charge in [0.15, 0.2) is 5.96 Å². The van der Waals surface area contributed by atoms with Gasteiger partial charge in [0.05, 0.1) is 0 Å². The molecule has 5 nitrogen and oxygen atoms in total. The minimum Gasteiger partial charge on any atom is -0.356 e. The van der Waals surface area contributed by atoms with Crippen molar-refractivity contribution in [3.8, 4) is 0 Å². The van der Waals surface area contributed by atoms with E-state index < -0.39 is 0 Å². The predicted molar refractivity (Wildman–Crippen MR) is 102 cm³/mol. The van der Waals surface area contributed by atoms with Crippen LogP contribution in [0.3, 0.4) is 0 Å². The van der Waals surface area contributed by atoms with E-state index in [0.29, 0.717) is 6.54 Å². The van der Waals surface area contributed by atoms with Crippen molar-refractivity contribution < 1.29 is 4.39 Å². The van der Waals surface area contributed by atoms with Crippen LogP contribution >= 0.6 is 0 Å². The quantitative estimate of drug-likeness (QED) is 0.427. The van der Waals surface area contributed by atoms with Gasteiger partial charge in [0, 0.05) is 46.3 Å². The largest absolute Gasteiger partial charge is 0.356 e. The first-order valence-corrected chi connectivity index (χ1v) is 9.35. The number of piperazine rings is 1. The van der Waals surface area contributed by atoms with Gasteiger partial charge in [-0.1, -0.05) is 19.1 Å². The van der Waals surface area contributed by atoms with Crippen molar-refractivity contribution in [2.75, 3.05) is 52.9 Å². The Morgan fingerprint density at radius 2 is 1.72 bits per heavy atom. The van der Waals surface area contributed by atoms with E-state index in [9.17, 15) is 4.39 Å². The summed E-state index contributed by atoms with van der Waals surface area (Å²) in [6.07, 6.45) is 2.33. The van der Waals surface area contributed by atoms with Crippen molar-refractivity contribution >= 4 is 5.96 Å². The molecule has 0 aliphatic carbocycles. The molecule has 2 N–H and O–H groups in total. The molecule has 0 aromatic heterocycles. The summed E-state index contributed by atoms with van der Waals surface area (Å²) in [5.41, 5.74) is 1.04. The molecule has 0 bridgehead atoms. The van der Waals surface area contributed by atoms with Crippen molar-refractivity contribution in [3.05, 3.63) is 35.6 Å². The molecule has 1 fully saturated rings. The zero-order chi connectivity index (χ0) is 17.9. The van der Waals surface area contributed by atoms with Gasteiger partial charge in [-0.25, -0.2) is 4.39 Å². The Hall–Kier alpha value is -1.66. The van der Waals surface area contributed by atoms with Crippen molar-refractivity contribution in [2.24, 2.45) is 4.99 Å². The molecular weight excluding hydrogens is 317 g/mol. The molecule has 0 saturated carbocycles. The summed E-state index contributed by atoms with van der Waals surface area (Å²) in [7, 11) is 1.77. The van der Waals surface area contributed by atoms with E-state index in [1.807, 2.05) is 0 Å². The monoisotopic (exact) mass is 349 g/mol. The van der Waals surface area contributed by atoms with E-state index in [1.54, 1.807) is 19.2 Å². The van der Waals surface area contributed by atoms with Crippen LogP contribution in [0.4, 0.5) is 4.39 Å². The second-order valence-electron chi connectivity index (χ2n) is 6.46. The third-order valence-electron chi connectivity index (χ3n) is 4.70. The van der Waals surface area contributed by atoms with E-state index in [-0.39, 0.29) is 5.82 Å². The third kappa shape index (κ3) is 7.40. The fraction of sp³-hybridized carbons (Fsp3) is 0.632. The first kappa shape index (κ1) is 19.7. The smallest absolute Gasteiger partial charge is 0.191 e. The number of nitrogens with one attached hydrogen (secondary N) is 2. The van der Waals surface area contributed by atoms with Crippen LogP contribution in [0.2, 0.25) is 0 Å². The Labute approximate surface area is 151 Å². The van der Waals surface area contributed by atoms with Crippen LogP contribution < -0.4 is 10.6 Å². The number of halogens is 1. The van der Waals surface area contributed by atoms with E-state index in [0.717, 1.165) is 24.5 Å². The third-order valence-corrected chi connectivity index (χ3v) is 4.70. The van der Waals surface area contributed by atoms with Gasteiger partial charge < -0.3 is 20.4 Å². The highest BCUT2D eigenvalue weighted by Crippen LogP contribution is 2.03. The first-order chi connectivity index (χ1) is 12.2. The summed E-state index contributed by atoms with van der Waals surface area (Å²) in [4.78, 5) is 9.30. The molecule has 0 atom stereocenters. The second-order valence-corrected chi connectivity index (χ2v) is 6.46. The maximum absolute atomic E-state index is 12.9. The summed E-state index contributed by atoms with van der Waals surface area (Å²) in [6, 6.07) is 6.53. The summed E-state index contributed by atoms with van der Waals surface area (Å²) < 4.78 is 12.9. The van der Waals surface area contributed by atoms with Crippen LogP contribution in [0.25, 0.3) is 0 Å². The molecule has 1 saturated heterocycles. The number of likely N-dealkylation sites (N-methyl/N-ethyl adjacent to an activating group) is 1. The van der Waals surface area contributed by atoms with Crippen molar-refractivity contribution in [1.29, 1.82) is 0 Å². The van der Waals surface area contributed by atoms with Crippen molar-refractivity contribution in [3.63, 3.8) is 0 Å². The molecule has 0 spiro atoms. The Morgan fingerprint density at radius 1 is 1.04 bits per heavy atom. The number of nitrogens with zero attached hydrogens (tertiary/aromatic N) is 3. The number of hydrogen-bond acceptors (Lipinski definition) is 3. The maximum Gasteiger partial charge on any atom is 0.191 e. The highest BCUT2D eigenvalue weighted by Gasteiger charge is 2.14. The highest BCUT2D eigenvalue weighted by molar-refractivity contribution is 5.79. The second kappa shape index (κ2) is 11.1. The lowest BCUT2D eigenvalue weighted by Crippen LogP contribution is -2.46. The van der Waals surface area contributed by atoms with Gasteiger partial charge in [-0.3, -0.25) is 4.99 Å². The Morgan fingerprint density at radius 3 is 2.36 bits per heavy atom. The average molecular weight is 349 g/mol. The standard InChI is InChI=1S/C19H32FN5/c1-3-24-12-14-25(15-13-24)11-5-4-10-22-19(21-2)23-16-17-6-8-18(20)9-7-17/h6-9H,3-5,10-16H2,1-2H3,(H2,21,22,23). The Kier molecular flexibility index (Phi) is 8.69. The Balaban J connectivity index is 1.54. The number of guanidine groups is 1. The van der Waals surface area contributed by atoms with Crippen LogP contribution in [-0.2, 0) is 6.54 Å². The van der Waals surface area contributed by atoms with Crippen molar-refractivity contribution in [1.82, 2.24) is 20.4 Å². The molecule has 0 radical (unpaired) electrons. The normalized spacial score (nSPS) is 16.8. The number of aliphatic imine (C=N–C) groups is 1. The number of benzene rings is 1. The van der Waals surface area contributed by atoms with E-state index >= 15 is 0 Å². The zero-order valence-electron chi connectivity index (χ0n) is 15.6. The lowest BCUT2D eigenvalue weighted by Gasteiger charge is -2.34. The molecular formula is C19H32FN5.